The molecule has 1 heterocycles. The number of hydrogen-bond donors (Lipinski definition) is 1. The molecule has 2 rings (SSSR count). The maximum absolute atomic E-state index is 12.1. The number of carbonyl (C=O) groups excluding carboxylic acids is 2. The van der Waals surface area contributed by atoms with Crippen molar-refractivity contribution in [2.75, 3.05) is 0 Å². The highest BCUT2D eigenvalue weighted by Crippen LogP contribution is 2.20. The molecule has 98 valence electrons. The first-order valence-corrected chi connectivity index (χ1v) is 6.60. The molecule has 0 fully saturated rings. The van der Waals surface area contributed by atoms with Crippen LogP contribution in [0.2, 0.25) is 0 Å². The van der Waals surface area contributed by atoms with E-state index in [4.69, 9.17) is 10.5 Å². The van der Waals surface area contributed by atoms with Crippen molar-refractivity contribution < 1.29 is 14.3 Å². The third kappa shape index (κ3) is 3.20. The first-order valence-electron chi connectivity index (χ1n) is 5.72. The smallest absolute Gasteiger partial charge is 0.405 e. The van der Waals surface area contributed by atoms with E-state index in [0.717, 1.165) is 5.56 Å². The van der Waals surface area contributed by atoms with Gasteiger partial charge in [0.2, 0.25) is 5.78 Å². The van der Waals surface area contributed by atoms with Crippen molar-refractivity contribution in [1.82, 2.24) is 0 Å². The van der Waals surface area contributed by atoms with Gasteiger partial charge in [-0.3, -0.25) is 4.79 Å². The molecule has 0 bridgehead atoms. The van der Waals surface area contributed by atoms with Crippen LogP contribution in [0.1, 0.15) is 33.8 Å². The van der Waals surface area contributed by atoms with Crippen LogP contribution < -0.4 is 5.73 Å². The summed E-state index contributed by atoms with van der Waals surface area (Å²) in [6, 6.07) is 10.6. The molecule has 0 aliphatic carbocycles. The molecule has 1 amide bonds. The van der Waals surface area contributed by atoms with Crippen LogP contribution in [-0.2, 0) is 4.74 Å². The van der Waals surface area contributed by atoms with Gasteiger partial charge in [-0.05, 0) is 23.9 Å². The van der Waals surface area contributed by atoms with Gasteiger partial charge in [0.1, 0.15) is 6.10 Å². The SMILES string of the molecule is CC(OC(N)=O)c1ccc(C(=O)c2cccs2)cc1. The number of ether oxygens (including phenoxy) is 1. The summed E-state index contributed by atoms with van der Waals surface area (Å²) in [5, 5.41) is 1.87. The third-order valence-electron chi connectivity index (χ3n) is 2.68. The van der Waals surface area contributed by atoms with Gasteiger partial charge in [-0.25, -0.2) is 4.79 Å². The van der Waals surface area contributed by atoms with Crippen molar-refractivity contribution in [3.05, 3.63) is 57.8 Å². The summed E-state index contributed by atoms with van der Waals surface area (Å²) in [5.74, 6) is -0.00924. The van der Waals surface area contributed by atoms with Gasteiger partial charge in [0, 0.05) is 5.56 Å². The second-order valence-electron chi connectivity index (χ2n) is 4.01. The Morgan fingerprint density at radius 2 is 1.89 bits per heavy atom. The molecule has 4 nitrogen and oxygen atoms in total. The van der Waals surface area contributed by atoms with E-state index in [2.05, 4.69) is 0 Å². The van der Waals surface area contributed by atoms with Crippen LogP contribution in [0, 0.1) is 0 Å². The van der Waals surface area contributed by atoms with Crippen LogP contribution in [0.15, 0.2) is 41.8 Å². The van der Waals surface area contributed by atoms with Gasteiger partial charge in [0.15, 0.2) is 0 Å². The van der Waals surface area contributed by atoms with Gasteiger partial charge >= 0.3 is 6.09 Å². The van der Waals surface area contributed by atoms with Crippen LogP contribution in [0.4, 0.5) is 4.79 Å². The lowest BCUT2D eigenvalue weighted by atomic mass is 10.0. The Morgan fingerprint density at radius 1 is 1.21 bits per heavy atom. The molecule has 0 saturated carbocycles. The van der Waals surface area contributed by atoms with E-state index in [1.165, 1.54) is 11.3 Å². The fourth-order valence-corrected chi connectivity index (χ4v) is 2.38. The lowest BCUT2D eigenvalue weighted by molar-refractivity contribution is 0.104. The van der Waals surface area contributed by atoms with Crippen molar-refractivity contribution in [3.63, 3.8) is 0 Å². The van der Waals surface area contributed by atoms with Crippen LogP contribution in [-0.4, -0.2) is 11.9 Å². The van der Waals surface area contributed by atoms with Crippen LogP contribution in [0.3, 0.4) is 0 Å². The summed E-state index contributed by atoms with van der Waals surface area (Å²) in [6.07, 6.45) is -1.24. The number of nitrogens with two attached hydrogens (primary N) is 1. The Hall–Kier alpha value is -2.14. The Labute approximate surface area is 114 Å². The summed E-state index contributed by atoms with van der Waals surface area (Å²) < 4.78 is 4.86. The highest BCUT2D eigenvalue weighted by Gasteiger charge is 2.12. The number of benzene rings is 1. The largest absolute Gasteiger partial charge is 0.442 e. The zero-order chi connectivity index (χ0) is 13.8. The molecule has 0 radical (unpaired) electrons. The maximum Gasteiger partial charge on any atom is 0.405 e. The Balaban J connectivity index is 2.14. The second kappa shape index (κ2) is 5.67. The molecule has 19 heavy (non-hydrogen) atoms. The van der Waals surface area contributed by atoms with E-state index in [-0.39, 0.29) is 5.78 Å². The van der Waals surface area contributed by atoms with Gasteiger partial charge in [0.25, 0.3) is 0 Å². The highest BCUT2D eigenvalue weighted by atomic mass is 32.1. The molecule has 1 aromatic carbocycles. The summed E-state index contributed by atoms with van der Waals surface area (Å²) in [5.41, 5.74) is 6.36. The van der Waals surface area contributed by atoms with E-state index >= 15 is 0 Å². The third-order valence-corrected chi connectivity index (χ3v) is 3.55. The number of ketones is 1. The van der Waals surface area contributed by atoms with Gasteiger partial charge < -0.3 is 10.5 Å². The lowest BCUT2D eigenvalue weighted by Gasteiger charge is -2.11. The molecule has 2 N–H and O–H groups in total. The minimum Gasteiger partial charge on any atom is -0.442 e. The second-order valence-corrected chi connectivity index (χ2v) is 4.96. The standard InChI is InChI=1S/C14H13NO3S/c1-9(18-14(15)17)10-4-6-11(7-5-10)13(16)12-3-2-8-19-12/h2-9H,1H3,(H2,15,17). The normalized spacial score (nSPS) is 11.8. The summed E-state index contributed by atoms with van der Waals surface area (Å²) >= 11 is 1.41. The van der Waals surface area contributed by atoms with Crippen molar-refractivity contribution in [2.24, 2.45) is 5.73 Å². The molecule has 5 heteroatoms. The van der Waals surface area contributed by atoms with E-state index in [9.17, 15) is 9.59 Å². The zero-order valence-corrected chi connectivity index (χ0v) is 11.1. The minimum atomic E-state index is -0.814. The number of rotatable bonds is 4. The van der Waals surface area contributed by atoms with Crippen LogP contribution in [0.25, 0.3) is 0 Å². The molecule has 1 aromatic heterocycles. The quantitative estimate of drug-likeness (QED) is 0.871. The van der Waals surface area contributed by atoms with Crippen molar-refractivity contribution >= 4 is 23.2 Å². The average Bonchev–Trinajstić information content (AvgIpc) is 2.91. The first kappa shape index (κ1) is 13.3. The fourth-order valence-electron chi connectivity index (χ4n) is 1.70. The molecular weight excluding hydrogens is 262 g/mol. The summed E-state index contributed by atoms with van der Waals surface area (Å²) in [4.78, 5) is 23.4. The monoisotopic (exact) mass is 275 g/mol. The predicted molar refractivity (Wildman–Crippen MR) is 73.3 cm³/mol. The van der Waals surface area contributed by atoms with Crippen molar-refractivity contribution in [1.29, 1.82) is 0 Å². The molecule has 0 aliphatic heterocycles. The molecule has 0 spiro atoms. The molecule has 2 aromatic rings. The number of thiophene rings is 1. The highest BCUT2D eigenvalue weighted by molar-refractivity contribution is 7.12. The minimum absolute atomic E-state index is 0.00924. The van der Waals surface area contributed by atoms with E-state index < -0.39 is 12.2 Å². The Kier molecular flexibility index (Phi) is 3.97. The van der Waals surface area contributed by atoms with Gasteiger partial charge in [-0.15, -0.1) is 11.3 Å². The average molecular weight is 275 g/mol. The van der Waals surface area contributed by atoms with E-state index in [1.54, 1.807) is 37.3 Å². The van der Waals surface area contributed by atoms with Crippen LogP contribution >= 0.6 is 11.3 Å². The van der Waals surface area contributed by atoms with Gasteiger partial charge in [0.05, 0.1) is 4.88 Å². The van der Waals surface area contributed by atoms with Gasteiger partial charge in [-0.2, -0.15) is 0 Å². The Morgan fingerprint density at radius 3 is 2.42 bits per heavy atom. The van der Waals surface area contributed by atoms with Crippen molar-refractivity contribution in [2.45, 2.75) is 13.0 Å². The summed E-state index contributed by atoms with van der Waals surface area (Å²) in [6.45, 7) is 1.72. The van der Waals surface area contributed by atoms with Gasteiger partial charge in [-0.1, -0.05) is 30.3 Å². The van der Waals surface area contributed by atoms with Crippen LogP contribution in [0.5, 0.6) is 0 Å². The predicted octanol–water partition coefficient (Wildman–Crippen LogP) is 3.14. The number of hydrogen-bond acceptors (Lipinski definition) is 4. The van der Waals surface area contributed by atoms with Crippen molar-refractivity contribution in [3.8, 4) is 0 Å². The maximum atomic E-state index is 12.1. The molecule has 0 saturated heterocycles. The Bertz CT molecular complexity index is 575. The number of primary amides is 1. The number of carbonyl (C=O) groups is 2. The first-order chi connectivity index (χ1) is 9.08. The molecular formula is C14H13NO3S. The zero-order valence-electron chi connectivity index (χ0n) is 10.3. The van der Waals surface area contributed by atoms with E-state index in [0.29, 0.717) is 10.4 Å². The molecule has 0 aliphatic rings. The topological polar surface area (TPSA) is 69.4 Å². The van der Waals surface area contributed by atoms with E-state index in [1.807, 2.05) is 11.4 Å². The summed E-state index contributed by atoms with van der Waals surface area (Å²) in [7, 11) is 0. The fraction of sp³-hybridized carbons (Fsp3) is 0.143. The molecule has 1 atom stereocenters. The number of amides is 1. The lowest BCUT2D eigenvalue weighted by Crippen LogP contribution is -2.15. The molecule has 1 unspecified atom stereocenters.